The second kappa shape index (κ2) is 21.3. The maximum atomic E-state index is 5.54. The van der Waals surface area contributed by atoms with Crippen molar-refractivity contribution in [2.45, 2.75) is 26.7 Å². The van der Waals surface area contributed by atoms with Crippen molar-refractivity contribution in [2.24, 2.45) is 0 Å². The maximum absolute atomic E-state index is 5.54. The molecular weight excluding hydrogens is 1120 g/mol. The van der Waals surface area contributed by atoms with E-state index in [1.807, 2.05) is 36.4 Å². The van der Waals surface area contributed by atoms with Gasteiger partial charge in [-0.05, 0) is 108 Å². The highest BCUT2D eigenvalue weighted by Crippen LogP contribution is 2.45. The molecule has 434 valence electrons. The highest BCUT2D eigenvalue weighted by molar-refractivity contribution is 6.27. The number of aromatic nitrogens is 10. The molecule has 0 aliphatic carbocycles. The fraction of sp³-hybridized carbons (Fsp3) is 0.0488. The Morgan fingerprint density at radius 2 is 0.630 bits per heavy atom. The van der Waals surface area contributed by atoms with E-state index >= 15 is 0 Å². The maximum Gasteiger partial charge on any atom is 0.238 e. The molecule has 6 heterocycles. The SMILES string of the molecule is CCc1ccc2c(c1)c1ccc3c4cc(CC)ccc4n(-c4nc(-c5ccccc5)nc(-c5cccc(-c6ccc(-c7nc(-c8ccccc8)nc(-n8c9ccccc9c9c8ccc8c%10ccccc%10n(-c%10ccccc%10)c89)n7)cc6)c5)n4)c3c1n2-c1ccccc1. The third-order valence-corrected chi connectivity index (χ3v) is 18.4. The van der Waals surface area contributed by atoms with Gasteiger partial charge in [0.15, 0.2) is 23.3 Å². The molecule has 0 unspecified atom stereocenters. The molecule has 0 radical (unpaired) electrons. The molecule has 0 aliphatic rings. The van der Waals surface area contributed by atoms with Gasteiger partial charge in [-0.3, -0.25) is 9.13 Å². The standard InChI is InChI=1S/C82H56N10/c1-3-51-36-45-70-66(48-51)63-42-43-64-67-49-52(4-2)37-46-71(67)92(76(64)75(63)90(70)60-30-15-8-16-31-60)82-87-78(55-24-11-6-12-25-55)84-80(88-82)58-27-21-26-57(50-58)53-38-40-56(41-39-53)79-83-77(54-22-9-5-10-23-54)85-81(86-79)91-69-35-20-18-33-65(69)73-72(91)47-44-62-61-32-17-19-34-68(61)89(74(62)73)59-28-13-7-14-29-59/h5-50H,3-4H2,1-2H3. The molecule has 0 amide bonds. The van der Waals surface area contributed by atoms with E-state index in [0.717, 1.165) is 123 Å². The minimum Gasteiger partial charge on any atom is -0.309 e. The van der Waals surface area contributed by atoms with Crippen molar-refractivity contribution in [3.8, 4) is 79.9 Å². The average molecular weight is 1180 g/mol. The van der Waals surface area contributed by atoms with Gasteiger partial charge >= 0.3 is 0 Å². The van der Waals surface area contributed by atoms with Crippen molar-refractivity contribution in [3.63, 3.8) is 0 Å². The van der Waals surface area contributed by atoms with Crippen molar-refractivity contribution >= 4 is 87.2 Å². The van der Waals surface area contributed by atoms with E-state index in [2.05, 4.69) is 275 Å². The summed E-state index contributed by atoms with van der Waals surface area (Å²) >= 11 is 0. The smallest absolute Gasteiger partial charge is 0.238 e. The van der Waals surface area contributed by atoms with Crippen LogP contribution in [0.5, 0.6) is 0 Å². The van der Waals surface area contributed by atoms with Crippen LogP contribution in [0, 0.1) is 0 Å². The number of para-hydroxylation sites is 4. The molecule has 0 atom stereocenters. The van der Waals surface area contributed by atoms with E-state index in [1.54, 1.807) is 0 Å². The monoisotopic (exact) mass is 1180 g/mol. The highest BCUT2D eigenvalue weighted by Gasteiger charge is 2.26. The number of aryl methyl sites for hydroxylation is 2. The molecule has 0 bridgehead atoms. The van der Waals surface area contributed by atoms with Gasteiger partial charge in [0.25, 0.3) is 0 Å². The molecule has 92 heavy (non-hydrogen) atoms. The van der Waals surface area contributed by atoms with Crippen LogP contribution in [-0.2, 0) is 12.8 Å². The van der Waals surface area contributed by atoms with E-state index in [0.29, 0.717) is 35.2 Å². The van der Waals surface area contributed by atoms with Gasteiger partial charge in [0.05, 0.1) is 44.1 Å². The zero-order chi connectivity index (χ0) is 61.0. The van der Waals surface area contributed by atoms with Gasteiger partial charge < -0.3 is 9.13 Å². The fourth-order valence-corrected chi connectivity index (χ4v) is 14.0. The first-order valence-corrected chi connectivity index (χ1v) is 31.5. The number of nitrogens with zero attached hydrogens (tertiary/aromatic N) is 10. The second-order valence-electron chi connectivity index (χ2n) is 23.6. The van der Waals surface area contributed by atoms with E-state index in [9.17, 15) is 0 Å². The normalized spacial score (nSPS) is 11.9. The summed E-state index contributed by atoms with van der Waals surface area (Å²) in [5.74, 6) is 3.36. The minimum absolute atomic E-state index is 0.533. The van der Waals surface area contributed by atoms with Crippen LogP contribution in [0.1, 0.15) is 25.0 Å². The molecule has 0 spiro atoms. The van der Waals surface area contributed by atoms with E-state index in [-0.39, 0.29) is 0 Å². The zero-order valence-corrected chi connectivity index (χ0v) is 50.4. The predicted octanol–water partition coefficient (Wildman–Crippen LogP) is 19.9. The van der Waals surface area contributed by atoms with Crippen LogP contribution in [0.15, 0.2) is 279 Å². The zero-order valence-electron chi connectivity index (χ0n) is 50.4. The van der Waals surface area contributed by atoms with Gasteiger partial charge in [0.1, 0.15) is 0 Å². The summed E-state index contributed by atoms with van der Waals surface area (Å²) in [6.45, 7) is 4.44. The molecule has 10 nitrogen and oxygen atoms in total. The van der Waals surface area contributed by atoms with Crippen LogP contribution >= 0.6 is 0 Å². The van der Waals surface area contributed by atoms with Gasteiger partial charge in [0.2, 0.25) is 11.9 Å². The van der Waals surface area contributed by atoms with Crippen LogP contribution in [0.2, 0.25) is 0 Å². The Labute approximate surface area is 529 Å². The van der Waals surface area contributed by atoms with E-state index < -0.39 is 0 Å². The number of hydrogen-bond acceptors (Lipinski definition) is 6. The summed E-state index contributed by atoms with van der Waals surface area (Å²) in [4.78, 5) is 32.3. The van der Waals surface area contributed by atoms with Crippen molar-refractivity contribution in [3.05, 3.63) is 290 Å². The largest absolute Gasteiger partial charge is 0.309 e. The number of fused-ring (bicyclic) bond motifs is 14. The highest BCUT2D eigenvalue weighted by atomic mass is 15.2. The van der Waals surface area contributed by atoms with Gasteiger partial charge in [-0.1, -0.05) is 220 Å². The number of benzene rings is 12. The fourth-order valence-electron chi connectivity index (χ4n) is 14.0. The van der Waals surface area contributed by atoms with Crippen molar-refractivity contribution in [2.75, 3.05) is 0 Å². The van der Waals surface area contributed by atoms with Gasteiger partial charge in [-0.15, -0.1) is 0 Å². The Bertz CT molecular complexity index is 5940. The van der Waals surface area contributed by atoms with Crippen molar-refractivity contribution < 1.29 is 0 Å². The van der Waals surface area contributed by atoms with Gasteiger partial charge in [-0.2, -0.15) is 19.9 Å². The Balaban J connectivity index is 0.787. The van der Waals surface area contributed by atoms with Crippen LogP contribution in [0.3, 0.4) is 0 Å². The summed E-state index contributed by atoms with van der Waals surface area (Å²) in [5, 5.41) is 9.28. The first-order chi connectivity index (χ1) is 45.5. The number of hydrogen-bond donors (Lipinski definition) is 0. The van der Waals surface area contributed by atoms with Crippen molar-refractivity contribution in [1.29, 1.82) is 0 Å². The summed E-state index contributed by atoms with van der Waals surface area (Å²) < 4.78 is 9.32. The molecule has 0 saturated carbocycles. The second-order valence-corrected chi connectivity index (χ2v) is 23.6. The quantitative estimate of drug-likeness (QED) is 0.128. The van der Waals surface area contributed by atoms with Crippen molar-refractivity contribution in [1.82, 2.24) is 48.2 Å². The van der Waals surface area contributed by atoms with Crippen LogP contribution in [0.25, 0.3) is 167 Å². The Morgan fingerprint density at radius 1 is 0.239 bits per heavy atom. The molecule has 18 aromatic rings. The minimum atomic E-state index is 0.533. The first kappa shape index (κ1) is 52.9. The lowest BCUT2D eigenvalue weighted by atomic mass is 10.0. The lowest BCUT2D eigenvalue weighted by molar-refractivity contribution is 0.953. The topological polar surface area (TPSA) is 97.1 Å². The Hall–Kier alpha value is -12.1. The summed E-state index contributed by atoms with van der Waals surface area (Å²) in [6.07, 6.45) is 1.85. The predicted molar refractivity (Wildman–Crippen MR) is 377 cm³/mol. The Kier molecular flexibility index (Phi) is 12.2. The van der Waals surface area contributed by atoms with Gasteiger partial charge in [-0.25, -0.2) is 9.97 Å². The molecule has 0 N–H and O–H groups in total. The third-order valence-electron chi connectivity index (χ3n) is 18.4. The van der Waals surface area contributed by atoms with Gasteiger partial charge in [0, 0.05) is 76.7 Å². The average Bonchev–Trinajstić information content (AvgIpc) is 1.69. The van der Waals surface area contributed by atoms with Crippen LogP contribution < -0.4 is 0 Å². The molecule has 18 rings (SSSR count). The summed E-state index contributed by atoms with van der Waals surface area (Å²) in [7, 11) is 0. The molecule has 6 aromatic heterocycles. The lowest BCUT2D eigenvalue weighted by Crippen LogP contribution is -2.07. The molecule has 0 saturated heterocycles. The summed E-state index contributed by atoms with van der Waals surface area (Å²) in [5.41, 5.74) is 18.9. The molecule has 0 fully saturated rings. The van der Waals surface area contributed by atoms with Crippen LogP contribution in [-0.4, -0.2) is 48.2 Å². The molecule has 12 aromatic carbocycles. The third kappa shape index (κ3) is 8.41. The lowest BCUT2D eigenvalue weighted by Gasteiger charge is -2.14. The first-order valence-electron chi connectivity index (χ1n) is 31.5. The Morgan fingerprint density at radius 3 is 1.21 bits per heavy atom. The molecule has 10 heteroatoms. The van der Waals surface area contributed by atoms with E-state index in [1.165, 1.54) is 32.7 Å². The van der Waals surface area contributed by atoms with Crippen LogP contribution in [0.4, 0.5) is 0 Å². The molecule has 0 aliphatic heterocycles. The summed E-state index contributed by atoms with van der Waals surface area (Å²) in [6, 6.07) is 98.9. The number of rotatable bonds is 11. The molecular formula is C82H56N10. The van der Waals surface area contributed by atoms with E-state index in [4.69, 9.17) is 29.9 Å².